The predicted octanol–water partition coefficient (Wildman–Crippen LogP) is 1.20. The van der Waals surface area contributed by atoms with Crippen molar-refractivity contribution in [2.45, 2.75) is 20.0 Å². The SMILES string of the molecule is COCCNC(=O)CN1C(=O)C(C(C)C)Oc2ccccc21. The summed E-state index contributed by atoms with van der Waals surface area (Å²) in [5, 5.41) is 2.73. The first-order valence-corrected chi connectivity index (χ1v) is 7.37. The number of anilines is 1. The average Bonchev–Trinajstić information content (AvgIpc) is 2.50. The Morgan fingerprint density at radius 2 is 2.14 bits per heavy atom. The minimum atomic E-state index is -0.568. The molecule has 0 spiro atoms. The lowest BCUT2D eigenvalue weighted by Gasteiger charge is -2.35. The molecule has 1 atom stereocenters. The van der Waals surface area contributed by atoms with Crippen LogP contribution >= 0.6 is 0 Å². The van der Waals surface area contributed by atoms with Crippen LogP contribution < -0.4 is 15.0 Å². The molecule has 1 heterocycles. The van der Waals surface area contributed by atoms with Gasteiger partial charge in [-0.25, -0.2) is 0 Å². The molecule has 2 rings (SSSR count). The van der Waals surface area contributed by atoms with Gasteiger partial charge in [0, 0.05) is 13.7 Å². The van der Waals surface area contributed by atoms with Crippen molar-refractivity contribution in [1.82, 2.24) is 5.32 Å². The molecule has 2 amide bonds. The molecule has 22 heavy (non-hydrogen) atoms. The van der Waals surface area contributed by atoms with Gasteiger partial charge in [0.05, 0.1) is 12.3 Å². The van der Waals surface area contributed by atoms with Crippen LogP contribution in [0.2, 0.25) is 0 Å². The number of ether oxygens (including phenoxy) is 2. The molecule has 0 fully saturated rings. The van der Waals surface area contributed by atoms with Crippen LogP contribution in [0.1, 0.15) is 13.8 Å². The number of rotatable bonds is 6. The van der Waals surface area contributed by atoms with Gasteiger partial charge in [-0.05, 0) is 18.1 Å². The largest absolute Gasteiger partial charge is 0.478 e. The quantitative estimate of drug-likeness (QED) is 0.802. The Hall–Kier alpha value is -2.08. The van der Waals surface area contributed by atoms with E-state index in [1.165, 1.54) is 4.90 Å². The van der Waals surface area contributed by atoms with Crippen molar-refractivity contribution in [3.63, 3.8) is 0 Å². The zero-order valence-electron chi connectivity index (χ0n) is 13.2. The summed E-state index contributed by atoms with van der Waals surface area (Å²) in [6.07, 6.45) is -0.568. The van der Waals surface area contributed by atoms with Gasteiger partial charge in [-0.15, -0.1) is 0 Å². The summed E-state index contributed by atoms with van der Waals surface area (Å²) in [7, 11) is 1.57. The van der Waals surface area contributed by atoms with Gasteiger partial charge < -0.3 is 14.8 Å². The van der Waals surface area contributed by atoms with E-state index in [1.54, 1.807) is 13.2 Å². The van der Waals surface area contributed by atoms with E-state index < -0.39 is 6.10 Å². The van der Waals surface area contributed by atoms with Crippen LogP contribution in [0.25, 0.3) is 0 Å². The number of para-hydroxylation sites is 2. The molecule has 1 unspecified atom stereocenters. The van der Waals surface area contributed by atoms with Crippen LogP contribution in [-0.2, 0) is 14.3 Å². The predicted molar refractivity (Wildman–Crippen MR) is 82.9 cm³/mol. The Labute approximate surface area is 130 Å². The van der Waals surface area contributed by atoms with Crippen molar-refractivity contribution >= 4 is 17.5 Å². The second kappa shape index (κ2) is 7.26. The van der Waals surface area contributed by atoms with Crippen molar-refractivity contribution in [3.8, 4) is 5.75 Å². The van der Waals surface area contributed by atoms with Gasteiger partial charge >= 0.3 is 0 Å². The maximum atomic E-state index is 12.6. The molecule has 1 N–H and O–H groups in total. The molecule has 1 aliphatic heterocycles. The molecule has 0 radical (unpaired) electrons. The standard InChI is InChI=1S/C16H22N2O4/c1-11(2)15-16(20)18(10-14(19)17-8-9-21-3)12-6-4-5-7-13(12)22-15/h4-7,11,15H,8-10H2,1-3H3,(H,17,19). The number of carbonyl (C=O) groups excluding carboxylic acids is 2. The normalized spacial score (nSPS) is 17.2. The third-order valence-corrected chi connectivity index (χ3v) is 3.45. The maximum absolute atomic E-state index is 12.6. The van der Waals surface area contributed by atoms with Crippen LogP contribution in [0.15, 0.2) is 24.3 Å². The number of benzene rings is 1. The first-order chi connectivity index (χ1) is 10.5. The van der Waals surface area contributed by atoms with Gasteiger partial charge in [0.1, 0.15) is 12.3 Å². The summed E-state index contributed by atoms with van der Waals surface area (Å²) in [5.41, 5.74) is 0.631. The fourth-order valence-corrected chi connectivity index (χ4v) is 2.32. The summed E-state index contributed by atoms with van der Waals surface area (Å²) in [6, 6.07) is 7.27. The molecule has 6 heteroatoms. The highest BCUT2D eigenvalue weighted by atomic mass is 16.5. The van der Waals surface area contributed by atoms with Crippen molar-refractivity contribution in [2.75, 3.05) is 31.7 Å². The summed E-state index contributed by atoms with van der Waals surface area (Å²) < 4.78 is 10.7. The van der Waals surface area contributed by atoms with Crippen molar-refractivity contribution in [2.24, 2.45) is 5.92 Å². The molecule has 0 saturated heterocycles. The Morgan fingerprint density at radius 1 is 1.41 bits per heavy atom. The second-order valence-electron chi connectivity index (χ2n) is 5.52. The topological polar surface area (TPSA) is 67.9 Å². The Kier molecular flexibility index (Phi) is 5.38. The third kappa shape index (κ3) is 3.57. The second-order valence-corrected chi connectivity index (χ2v) is 5.52. The fraction of sp³-hybridized carbons (Fsp3) is 0.500. The lowest BCUT2D eigenvalue weighted by molar-refractivity contribution is -0.130. The van der Waals surface area contributed by atoms with E-state index in [0.29, 0.717) is 24.6 Å². The summed E-state index contributed by atoms with van der Waals surface area (Å²) in [6.45, 7) is 4.68. The highest BCUT2D eigenvalue weighted by Gasteiger charge is 2.36. The average molecular weight is 306 g/mol. The van der Waals surface area contributed by atoms with Gasteiger partial charge in [0.15, 0.2) is 6.10 Å². The summed E-state index contributed by atoms with van der Waals surface area (Å²) in [4.78, 5) is 26.1. The van der Waals surface area contributed by atoms with Crippen molar-refractivity contribution in [1.29, 1.82) is 0 Å². The zero-order valence-corrected chi connectivity index (χ0v) is 13.2. The third-order valence-electron chi connectivity index (χ3n) is 3.45. The monoisotopic (exact) mass is 306 g/mol. The number of methoxy groups -OCH3 is 1. The van der Waals surface area contributed by atoms with Gasteiger partial charge in [-0.1, -0.05) is 26.0 Å². The smallest absolute Gasteiger partial charge is 0.268 e. The number of nitrogens with zero attached hydrogens (tertiary/aromatic N) is 1. The van der Waals surface area contributed by atoms with Gasteiger partial charge in [0.25, 0.3) is 5.91 Å². The number of hydrogen-bond donors (Lipinski definition) is 1. The summed E-state index contributed by atoms with van der Waals surface area (Å²) >= 11 is 0. The summed E-state index contributed by atoms with van der Waals surface area (Å²) in [5.74, 6) is 0.255. The fourth-order valence-electron chi connectivity index (χ4n) is 2.32. The van der Waals surface area contributed by atoms with E-state index in [-0.39, 0.29) is 24.3 Å². The van der Waals surface area contributed by atoms with E-state index in [9.17, 15) is 9.59 Å². The molecule has 0 bridgehead atoms. The highest BCUT2D eigenvalue weighted by Crippen LogP contribution is 2.35. The number of nitrogens with one attached hydrogen (secondary N) is 1. The lowest BCUT2D eigenvalue weighted by atomic mass is 10.0. The van der Waals surface area contributed by atoms with Gasteiger partial charge in [0.2, 0.25) is 5.91 Å². The maximum Gasteiger partial charge on any atom is 0.268 e. The molecule has 1 aliphatic rings. The molecule has 120 valence electrons. The van der Waals surface area contributed by atoms with Gasteiger partial charge in [-0.3, -0.25) is 14.5 Å². The Morgan fingerprint density at radius 3 is 2.82 bits per heavy atom. The van der Waals surface area contributed by atoms with Crippen LogP contribution in [0.5, 0.6) is 5.75 Å². The first-order valence-electron chi connectivity index (χ1n) is 7.37. The van der Waals surface area contributed by atoms with Crippen molar-refractivity contribution < 1.29 is 19.1 Å². The van der Waals surface area contributed by atoms with Crippen LogP contribution in [0, 0.1) is 5.92 Å². The van der Waals surface area contributed by atoms with Crippen LogP contribution in [0.4, 0.5) is 5.69 Å². The number of fused-ring (bicyclic) bond motifs is 1. The van der Waals surface area contributed by atoms with Crippen LogP contribution in [0.3, 0.4) is 0 Å². The molecule has 0 aromatic heterocycles. The van der Waals surface area contributed by atoms with E-state index in [1.807, 2.05) is 32.0 Å². The van der Waals surface area contributed by atoms with E-state index >= 15 is 0 Å². The number of amides is 2. The minimum absolute atomic E-state index is 0.0217. The lowest BCUT2D eigenvalue weighted by Crippen LogP contribution is -2.51. The molecule has 1 aromatic rings. The molecule has 0 aliphatic carbocycles. The van der Waals surface area contributed by atoms with Gasteiger partial charge in [-0.2, -0.15) is 0 Å². The van der Waals surface area contributed by atoms with Crippen molar-refractivity contribution in [3.05, 3.63) is 24.3 Å². The highest BCUT2D eigenvalue weighted by molar-refractivity contribution is 6.03. The Balaban J connectivity index is 2.16. The molecule has 6 nitrogen and oxygen atoms in total. The molecular formula is C16H22N2O4. The first kappa shape index (κ1) is 16.3. The van der Waals surface area contributed by atoms with E-state index in [4.69, 9.17) is 9.47 Å². The molecular weight excluding hydrogens is 284 g/mol. The van der Waals surface area contributed by atoms with Crippen LogP contribution in [-0.4, -0.2) is 44.7 Å². The Bertz CT molecular complexity index is 545. The molecule has 0 saturated carbocycles. The molecule has 1 aromatic carbocycles. The zero-order chi connectivity index (χ0) is 16.1. The number of carbonyl (C=O) groups is 2. The number of hydrogen-bond acceptors (Lipinski definition) is 4. The van der Waals surface area contributed by atoms with E-state index in [2.05, 4.69) is 5.32 Å². The van der Waals surface area contributed by atoms with E-state index in [0.717, 1.165) is 0 Å². The minimum Gasteiger partial charge on any atom is -0.478 e.